The van der Waals surface area contributed by atoms with Crippen LogP contribution in [0.2, 0.25) is 0 Å². The summed E-state index contributed by atoms with van der Waals surface area (Å²) in [5.41, 5.74) is 1.49. The molecule has 1 saturated carbocycles. The van der Waals surface area contributed by atoms with Crippen molar-refractivity contribution in [3.8, 4) is 0 Å². The Bertz CT molecular complexity index is 449. The highest BCUT2D eigenvalue weighted by atomic mass is 19.4. The molecule has 19 heavy (non-hydrogen) atoms. The predicted molar refractivity (Wildman–Crippen MR) is 66.2 cm³/mol. The number of carbonyl (C=O) groups is 1. The first kappa shape index (κ1) is 14.1. The number of hydrogen-bond acceptors (Lipinski definition) is 2. The van der Waals surface area contributed by atoms with E-state index in [1.807, 2.05) is 6.92 Å². The van der Waals surface area contributed by atoms with Crippen LogP contribution in [0.1, 0.15) is 28.8 Å². The molecule has 5 heteroatoms. The molecule has 1 fully saturated rings. The molecule has 0 spiro atoms. The number of Topliss-reactive ketones (excluding diaryl/α,β-unsaturated/α-hetero) is 1. The zero-order chi connectivity index (χ0) is 14.0. The van der Waals surface area contributed by atoms with Crippen molar-refractivity contribution in [2.45, 2.75) is 32.0 Å². The Balaban J connectivity index is 2.00. The van der Waals surface area contributed by atoms with Crippen molar-refractivity contribution in [2.24, 2.45) is 0 Å². The second-order valence-electron chi connectivity index (χ2n) is 5.04. The summed E-state index contributed by atoms with van der Waals surface area (Å²) in [5.74, 6) is -0.254. The van der Waals surface area contributed by atoms with Gasteiger partial charge in [0.2, 0.25) is 0 Å². The largest absolute Gasteiger partial charge is 0.401 e. The maximum absolute atomic E-state index is 12.4. The summed E-state index contributed by atoms with van der Waals surface area (Å²) in [6.07, 6.45) is -2.76. The van der Waals surface area contributed by atoms with Gasteiger partial charge >= 0.3 is 6.18 Å². The van der Waals surface area contributed by atoms with Gasteiger partial charge < -0.3 is 0 Å². The summed E-state index contributed by atoms with van der Waals surface area (Å²) in [4.78, 5) is 13.2. The third kappa shape index (κ3) is 4.35. The molecule has 0 aliphatic heterocycles. The van der Waals surface area contributed by atoms with Gasteiger partial charge in [-0.3, -0.25) is 9.69 Å². The van der Waals surface area contributed by atoms with Crippen LogP contribution < -0.4 is 0 Å². The van der Waals surface area contributed by atoms with Crippen molar-refractivity contribution in [3.63, 3.8) is 0 Å². The number of aryl methyl sites for hydroxylation is 1. The van der Waals surface area contributed by atoms with Crippen molar-refractivity contribution < 1.29 is 18.0 Å². The molecule has 0 aromatic heterocycles. The zero-order valence-corrected chi connectivity index (χ0v) is 10.7. The van der Waals surface area contributed by atoms with E-state index in [2.05, 4.69) is 0 Å². The first-order chi connectivity index (χ1) is 8.85. The quantitative estimate of drug-likeness (QED) is 0.766. The lowest BCUT2D eigenvalue weighted by molar-refractivity contribution is -0.145. The molecule has 2 rings (SSSR count). The number of ketones is 1. The smallest absolute Gasteiger partial charge is 0.293 e. The van der Waals surface area contributed by atoms with Crippen molar-refractivity contribution >= 4 is 5.78 Å². The molecule has 0 unspecified atom stereocenters. The summed E-state index contributed by atoms with van der Waals surface area (Å²) in [6.45, 7) is 0.733. The SMILES string of the molecule is Cc1ccc(C(=O)CN(CC(F)(F)F)C2CC2)cc1. The molecule has 2 nitrogen and oxygen atoms in total. The van der Waals surface area contributed by atoms with Crippen LogP contribution in [-0.4, -0.2) is 36.0 Å². The van der Waals surface area contributed by atoms with Gasteiger partial charge in [0.25, 0.3) is 0 Å². The van der Waals surface area contributed by atoms with Crippen LogP contribution >= 0.6 is 0 Å². The lowest BCUT2D eigenvalue weighted by atomic mass is 10.1. The molecule has 0 radical (unpaired) electrons. The Morgan fingerprint density at radius 1 is 1.26 bits per heavy atom. The monoisotopic (exact) mass is 271 g/mol. The van der Waals surface area contributed by atoms with E-state index in [-0.39, 0.29) is 18.4 Å². The Labute approximate surface area is 110 Å². The minimum atomic E-state index is -4.25. The van der Waals surface area contributed by atoms with Crippen molar-refractivity contribution in [2.75, 3.05) is 13.1 Å². The van der Waals surface area contributed by atoms with Gasteiger partial charge in [-0.05, 0) is 19.8 Å². The average molecular weight is 271 g/mol. The van der Waals surface area contributed by atoms with E-state index >= 15 is 0 Å². The van der Waals surface area contributed by atoms with Crippen LogP contribution in [0.25, 0.3) is 0 Å². The zero-order valence-electron chi connectivity index (χ0n) is 10.7. The lowest BCUT2D eigenvalue weighted by Gasteiger charge is -2.22. The molecule has 0 saturated heterocycles. The van der Waals surface area contributed by atoms with Crippen LogP contribution in [0.15, 0.2) is 24.3 Å². The third-order valence-electron chi connectivity index (χ3n) is 3.17. The maximum atomic E-state index is 12.4. The molecule has 0 amide bonds. The van der Waals surface area contributed by atoms with Crippen molar-refractivity contribution in [1.82, 2.24) is 4.90 Å². The second-order valence-corrected chi connectivity index (χ2v) is 5.04. The van der Waals surface area contributed by atoms with Gasteiger partial charge in [0, 0.05) is 11.6 Å². The van der Waals surface area contributed by atoms with Crippen LogP contribution in [0, 0.1) is 6.92 Å². The fraction of sp³-hybridized carbons (Fsp3) is 0.500. The van der Waals surface area contributed by atoms with Crippen LogP contribution in [0.5, 0.6) is 0 Å². The van der Waals surface area contributed by atoms with Crippen LogP contribution in [-0.2, 0) is 0 Å². The molecule has 0 atom stereocenters. The minimum Gasteiger partial charge on any atom is -0.293 e. The van der Waals surface area contributed by atoms with Crippen molar-refractivity contribution in [1.29, 1.82) is 0 Å². The van der Waals surface area contributed by atoms with E-state index in [1.165, 1.54) is 4.90 Å². The van der Waals surface area contributed by atoms with Crippen LogP contribution in [0.3, 0.4) is 0 Å². The number of hydrogen-bond donors (Lipinski definition) is 0. The number of carbonyl (C=O) groups excluding carboxylic acids is 1. The van der Waals surface area contributed by atoms with Gasteiger partial charge in [-0.15, -0.1) is 0 Å². The fourth-order valence-corrected chi connectivity index (χ4v) is 2.00. The summed E-state index contributed by atoms with van der Waals surface area (Å²) in [7, 11) is 0. The van der Waals surface area contributed by atoms with E-state index in [0.717, 1.165) is 18.4 Å². The second kappa shape index (κ2) is 5.33. The van der Waals surface area contributed by atoms with Gasteiger partial charge in [-0.2, -0.15) is 13.2 Å². The molecule has 104 valence electrons. The molecule has 1 aromatic carbocycles. The van der Waals surface area contributed by atoms with Gasteiger partial charge in [0.15, 0.2) is 5.78 Å². The topological polar surface area (TPSA) is 20.3 Å². The van der Waals surface area contributed by atoms with E-state index < -0.39 is 12.7 Å². The predicted octanol–water partition coefficient (Wildman–Crippen LogP) is 3.20. The molecule has 0 N–H and O–H groups in total. The Morgan fingerprint density at radius 3 is 2.32 bits per heavy atom. The van der Waals surface area contributed by atoms with E-state index in [1.54, 1.807) is 24.3 Å². The van der Waals surface area contributed by atoms with Crippen molar-refractivity contribution in [3.05, 3.63) is 35.4 Å². The summed E-state index contributed by atoms with van der Waals surface area (Å²) in [6, 6.07) is 6.82. The third-order valence-corrected chi connectivity index (χ3v) is 3.17. The molecule has 0 bridgehead atoms. The Kier molecular flexibility index (Phi) is 3.94. The number of nitrogens with zero attached hydrogens (tertiary/aromatic N) is 1. The first-order valence-corrected chi connectivity index (χ1v) is 6.26. The Morgan fingerprint density at radius 2 is 1.84 bits per heavy atom. The summed E-state index contributed by atoms with van der Waals surface area (Å²) in [5, 5.41) is 0. The number of alkyl halides is 3. The van der Waals surface area contributed by atoms with Gasteiger partial charge in [-0.1, -0.05) is 29.8 Å². The average Bonchev–Trinajstić information content (AvgIpc) is 3.10. The highest BCUT2D eigenvalue weighted by Gasteiger charge is 2.38. The highest BCUT2D eigenvalue weighted by molar-refractivity contribution is 5.97. The molecule has 0 heterocycles. The maximum Gasteiger partial charge on any atom is 0.401 e. The molecular weight excluding hydrogens is 255 g/mol. The van der Waals surface area contributed by atoms with Crippen LogP contribution in [0.4, 0.5) is 13.2 Å². The molecule has 1 aliphatic rings. The fourth-order valence-electron chi connectivity index (χ4n) is 2.00. The van der Waals surface area contributed by atoms with E-state index in [9.17, 15) is 18.0 Å². The standard InChI is InChI=1S/C14H16F3NO/c1-10-2-4-11(5-3-10)13(19)8-18(12-6-7-12)9-14(15,16)17/h2-5,12H,6-9H2,1H3. The van der Waals surface area contributed by atoms with Gasteiger partial charge in [-0.25, -0.2) is 0 Å². The number of halogens is 3. The molecular formula is C14H16F3NO. The van der Waals surface area contributed by atoms with Gasteiger partial charge in [0.05, 0.1) is 13.1 Å². The lowest BCUT2D eigenvalue weighted by Crippen LogP contribution is -2.39. The van der Waals surface area contributed by atoms with E-state index in [4.69, 9.17) is 0 Å². The van der Waals surface area contributed by atoms with Gasteiger partial charge in [0.1, 0.15) is 0 Å². The highest BCUT2D eigenvalue weighted by Crippen LogP contribution is 2.30. The summed E-state index contributed by atoms with van der Waals surface area (Å²) < 4.78 is 37.3. The molecule has 1 aromatic rings. The minimum absolute atomic E-state index is 0.0870. The normalized spacial score (nSPS) is 15.8. The Hall–Kier alpha value is -1.36. The number of benzene rings is 1. The molecule has 1 aliphatic carbocycles. The summed E-state index contributed by atoms with van der Waals surface area (Å²) >= 11 is 0. The van der Waals surface area contributed by atoms with E-state index in [0.29, 0.717) is 5.56 Å². The first-order valence-electron chi connectivity index (χ1n) is 6.26. The number of rotatable bonds is 5.